The fourth-order valence-corrected chi connectivity index (χ4v) is 5.32. The quantitative estimate of drug-likeness (QED) is 0.244. The fraction of sp³-hybridized carbons (Fsp3) is 0.455. The van der Waals surface area contributed by atoms with Gasteiger partial charge in [0, 0.05) is 43.6 Å². The van der Waals surface area contributed by atoms with E-state index in [1.807, 2.05) is 69.0 Å². The number of fused-ring (bicyclic) bond motifs is 1. The molecule has 0 spiro atoms. The first-order valence-corrected chi connectivity index (χ1v) is 14.9. The molecule has 0 aliphatic carbocycles. The van der Waals surface area contributed by atoms with Crippen molar-refractivity contribution in [3.63, 3.8) is 0 Å². The van der Waals surface area contributed by atoms with E-state index < -0.39 is 11.8 Å². The Morgan fingerprint density at radius 3 is 2.34 bits per heavy atom. The summed E-state index contributed by atoms with van der Waals surface area (Å²) in [4.78, 5) is 37.5. The van der Waals surface area contributed by atoms with Crippen LogP contribution in [0.3, 0.4) is 0 Å². The van der Waals surface area contributed by atoms with Crippen LogP contribution in [0.25, 0.3) is 11.1 Å². The van der Waals surface area contributed by atoms with Crippen LogP contribution in [0.4, 0.5) is 11.4 Å². The second-order valence-electron chi connectivity index (χ2n) is 12.4. The van der Waals surface area contributed by atoms with E-state index in [1.54, 1.807) is 18.5 Å². The van der Waals surface area contributed by atoms with E-state index in [1.165, 1.54) is 11.8 Å². The van der Waals surface area contributed by atoms with Crippen molar-refractivity contribution in [1.29, 1.82) is 0 Å². The average molecular weight is 605 g/mol. The van der Waals surface area contributed by atoms with Crippen molar-refractivity contribution < 1.29 is 24.5 Å². The molecule has 2 heterocycles. The molecule has 0 bridgehead atoms. The van der Waals surface area contributed by atoms with Crippen LogP contribution in [-0.2, 0) is 22.7 Å². The van der Waals surface area contributed by atoms with E-state index in [0.29, 0.717) is 37.4 Å². The van der Waals surface area contributed by atoms with Gasteiger partial charge in [0.2, 0.25) is 11.7 Å². The number of nitrogens with one attached hydrogen (secondary N) is 1. The van der Waals surface area contributed by atoms with Crippen LogP contribution in [0.2, 0.25) is 0 Å². The number of benzene rings is 2. The standard InChI is InChI=1S/C33H44N6O5/c1-22(41)39-27-11-10-23(16-28(27)38(20-29(39)42)19-24-8-6-7-9-25(24)21-40)26-17-35-30(36-18-26)31(43)37-32(2,3)13-15-44-33(4,5)12-14-34/h6-11,16-18,29,40,42H,12-15,19-21,34H2,1-5H3,(H,37,43)/t29-/m0/s1. The summed E-state index contributed by atoms with van der Waals surface area (Å²) in [5.74, 6) is -0.598. The predicted molar refractivity (Wildman–Crippen MR) is 170 cm³/mol. The number of rotatable bonds is 12. The van der Waals surface area contributed by atoms with Gasteiger partial charge in [-0.05, 0) is 75.9 Å². The molecular weight excluding hydrogens is 560 g/mol. The van der Waals surface area contributed by atoms with E-state index in [4.69, 9.17) is 10.5 Å². The summed E-state index contributed by atoms with van der Waals surface area (Å²) in [5, 5.41) is 23.7. The summed E-state index contributed by atoms with van der Waals surface area (Å²) in [6, 6.07) is 13.1. The Bertz CT molecular complexity index is 1460. The highest BCUT2D eigenvalue weighted by atomic mass is 16.5. The van der Waals surface area contributed by atoms with Crippen LogP contribution in [-0.4, -0.2) is 69.1 Å². The Morgan fingerprint density at radius 2 is 1.70 bits per heavy atom. The van der Waals surface area contributed by atoms with Crippen molar-refractivity contribution >= 4 is 23.2 Å². The molecule has 1 atom stereocenters. The number of aromatic nitrogens is 2. The van der Waals surface area contributed by atoms with Gasteiger partial charge >= 0.3 is 0 Å². The summed E-state index contributed by atoms with van der Waals surface area (Å²) >= 11 is 0. The molecule has 2 aromatic carbocycles. The van der Waals surface area contributed by atoms with Crippen LogP contribution in [0.1, 0.15) is 69.2 Å². The van der Waals surface area contributed by atoms with Crippen molar-refractivity contribution in [2.24, 2.45) is 5.73 Å². The minimum Gasteiger partial charge on any atom is -0.392 e. The van der Waals surface area contributed by atoms with Crippen molar-refractivity contribution in [2.75, 3.05) is 29.5 Å². The van der Waals surface area contributed by atoms with E-state index >= 15 is 0 Å². The molecule has 236 valence electrons. The zero-order valence-electron chi connectivity index (χ0n) is 26.2. The molecule has 0 fully saturated rings. The number of hydrogen-bond donors (Lipinski definition) is 4. The number of β-amino-alcohol motifs (C(OH)–C–C–N with tert-alkyl or cyclic N) is 1. The van der Waals surface area contributed by atoms with Crippen molar-refractivity contribution in [1.82, 2.24) is 15.3 Å². The molecule has 0 saturated heterocycles. The first-order chi connectivity index (χ1) is 20.8. The Kier molecular flexibility index (Phi) is 10.4. The third-order valence-electron chi connectivity index (χ3n) is 7.85. The van der Waals surface area contributed by atoms with Crippen LogP contribution in [0.5, 0.6) is 0 Å². The van der Waals surface area contributed by atoms with Gasteiger partial charge < -0.3 is 30.9 Å². The highest BCUT2D eigenvalue weighted by Crippen LogP contribution is 2.39. The molecule has 0 radical (unpaired) electrons. The number of aliphatic hydroxyl groups is 2. The van der Waals surface area contributed by atoms with Crippen molar-refractivity contribution in [2.45, 2.75) is 78.0 Å². The summed E-state index contributed by atoms with van der Waals surface area (Å²) in [6.45, 7) is 10.8. The lowest BCUT2D eigenvalue weighted by Crippen LogP contribution is -2.50. The first kappa shape index (κ1) is 33.0. The Hall–Kier alpha value is -3.90. The zero-order valence-corrected chi connectivity index (χ0v) is 26.2. The largest absolute Gasteiger partial charge is 0.392 e. The Labute approximate surface area is 259 Å². The lowest BCUT2D eigenvalue weighted by molar-refractivity contribution is -0.118. The monoisotopic (exact) mass is 604 g/mol. The topological polar surface area (TPSA) is 154 Å². The van der Waals surface area contributed by atoms with Crippen LogP contribution in [0, 0.1) is 0 Å². The number of aliphatic hydroxyl groups excluding tert-OH is 2. The second-order valence-corrected chi connectivity index (χ2v) is 12.4. The lowest BCUT2D eigenvalue weighted by Gasteiger charge is -2.41. The third-order valence-corrected chi connectivity index (χ3v) is 7.85. The fourth-order valence-electron chi connectivity index (χ4n) is 5.32. The molecule has 0 unspecified atom stereocenters. The maximum Gasteiger partial charge on any atom is 0.289 e. The van der Waals surface area contributed by atoms with Gasteiger partial charge in [0.15, 0.2) is 6.23 Å². The number of anilines is 2. The number of ether oxygens (including phenoxy) is 1. The molecule has 0 saturated carbocycles. The summed E-state index contributed by atoms with van der Waals surface area (Å²) in [5.41, 5.74) is 9.31. The molecule has 2 amide bonds. The number of amides is 2. The third kappa shape index (κ3) is 7.97. The SMILES string of the molecule is CC(=O)N1c2ccc(-c3cnc(C(=O)NC(C)(C)CCOC(C)(C)CCN)nc3)cc2N(Cc2ccccc2CO)C[C@@H]1O. The maximum atomic E-state index is 13.0. The minimum atomic E-state index is -1.03. The van der Waals surface area contributed by atoms with Gasteiger partial charge in [-0.2, -0.15) is 0 Å². The lowest BCUT2D eigenvalue weighted by atomic mass is 10.0. The number of nitrogens with two attached hydrogens (primary N) is 1. The van der Waals surface area contributed by atoms with Gasteiger partial charge in [-0.25, -0.2) is 9.97 Å². The van der Waals surface area contributed by atoms with Crippen molar-refractivity contribution in [3.05, 3.63) is 71.8 Å². The maximum absolute atomic E-state index is 13.0. The first-order valence-electron chi connectivity index (χ1n) is 14.9. The number of hydrogen-bond acceptors (Lipinski definition) is 9. The molecule has 44 heavy (non-hydrogen) atoms. The average Bonchev–Trinajstić information content (AvgIpc) is 2.96. The molecule has 3 aromatic rings. The summed E-state index contributed by atoms with van der Waals surface area (Å²) in [6.07, 6.45) is 3.52. The molecule has 11 heteroatoms. The Balaban J connectivity index is 1.52. The van der Waals surface area contributed by atoms with E-state index in [-0.39, 0.29) is 36.4 Å². The summed E-state index contributed by atoms with van der Waals surface area (Å²) < 4.78 is 5.96. The molecule has 4 rings (SSSR count). The van der Waals surface area contributed by atoms with Crippen LogP contribution in [0.15, 0.2) is 54.9 Å². The van der Waals surface area contributed by atoms with Gasteiger partial charge in [0.25, 0.3) is 5.91 Å². The van der Waals surface area contributed by atoms with E-state index in [9.17, 15) is 19.8 Å². The second kappa shape index (κ2) is 13.8. The van der Waals surface area contributed by atoms with Crippen LogP contribution < -0.4 is 20.9 Å². The smallest absolute Gasteiger partial charge is 0.289 e. The number of carbonyl (C=O) groups excluding carboxylic acids is 2. The molecule has 11 nitrogen and oxygen atoms in total. The van der Waals surface area contributed by atoms with E-state index in [0.717, 1.165) is 28.8 Å². The van der Waals surface area contributed by atoms with Crippen LogP contribution >= 0.6 is 0 Å². The molecule has 1 aliphatic rings. The number of nitrogens with zero attached hydrogens (tertiary/aromatic N) is 4. The Morgan fingerprint density at radius 1 is 1.02 bits per heavy atom. The normalized spacial score (nSPS) is 15.2. The van der Waals surface area contributed by atoms with Gasteiger partial charge in [-0.3, -0.25) is 14.5 Å². The molecule has 1 aromatic heterocycles. The predicted octanol–water partition coefficient (Wildman–Crippen LogP) is 3.37. The highest BCUT2D eigenvalue weighted by molar-refractivity contribution is 5.98. The van der Waals surface area contributed by atoms with Gasteiger partial charge in [-0.15, -0.1) is 0 Å². The van der Waals surface area contributed by atoms with Gasteiger partial charge in [-0.1, -0.05) is 30.3 Å². The summed E-state index contributed by atoms with van der Waals surface area (Å²) in [7, 11) is 0. The van der Waals surface area contributed by atoms with E-state index in [2.05, 4.69) is 15.3 Å². The molecule has 5 N–H and O–H groups in total. The van der Waals surface area contributed by atoms with Gasteiger partial charge in [0.1, 0.15) is 0 Å². The van der Waals surface area contributed by atoms with Gasteiger partial charge in [0.05, 0.1) is 30.1 Å². The minimum absolute atomic E-state index is 0.0530. The number of carbonyl (C=O) groups is 2. The molecular formula is C33H44N6O5. The highest BCUT2D eigenvalue weighted by Gasteiger charge is 2.33. The van der Waals surface area contributed by atoms with Crippen molar-refractivity contribution in [3.8, 4) is 11.1 Å². The zero-order chi connectivity index (χ0) is 32.1. The molecule has 1 aliphatic heterocycles.